The van der Waals surface area contributed by atoms with E-state index in [9.17, 15) is 9.59 Å². The maximum atomic E-state index is 12.2. The van der Waals surface area contributed by atoms with Crippen molar-refractivity contribution in [2.75, 3.05) is 12.4 Å². The van der Waals surface area contributed by atoms with Crippen LogP contribution in [0.3, 0.4) is 0 Å². The first-order valence-electron chi connectivity index (χ1n) is 9.01. The SMILES string of the molecule is COc1cccc(-c2csc3nc(NC(=O)CCC(=O)c4ccccc4)nn23)c1. The third kappa shape index (κ3) is 4.17. The number of methoxy groups -OCH3 is 1. The van der Waals surface area contributed by atoms with Gasteiger partial charge in [-0.25, -0.2) is 4.52 Å². The lowest BCUT2D eigenvalue weighted by molar-refractivity contribution is -0.116. The number of rotatable bonds is 7. The van der Waals surface area contributed by atoms with Crippen LogP contribution in [0.5, 0.6) is 5.75 Å². The third-order valence-electron chi connectivity index (χ3n) is 4.37. The van der Waals surface area contributed by atoms with Gasteiger partial charge in [0.25, 0.3) is 0 Å². The van der Waals surface area contributed by atoms with E-state index in [1.165, 1.54) is 11.3 Å². The van der Waals surface area contributed by atoms with Gasteiger partial charge in [0, 0.05) is 29.3 Å². The molecule has 0 saturated carbocycles. The average molecular weight is 406 g/mol. The molecule has 0 atom stereocenters. The molecule has 29 heavy (non-hydrogen) atoms. The molecule has 0 saturated heterocycles. The lowest BCUT2D eigenvalue weighted by Crippen LogP contribution is -2.14. The molecule has 4 aromatic rings. The van der Waals surface area contributed by atoms with Crippen molar-refractivity contribution >= 4 is 33.9 Å². The second kappa shape index (κ2) is 8.24. The Morgan fingerprint density at radius 1 is 1.10 bits per heavy atom. The highest BCUT2D eigenvalue weighted by Crippen LogP contribution is 2.28. The van der Waals surface area contributed by atoms with E-state index in [0.717, 1.165) is 17.0 Å². The lowest BCUT2D eigenvalue weighted by Gasteiger charge is -2.03. The van der Waals surface area contributed by atoms with Crippen molar-refractivity contribution in [3.63, 3.8) is 0 Å². The van der Waals surface area contributed by atoms with Gasteiger partial charge in [0.2, 0.25) is 16.8 Å². The molecule has 0 spiro atoms. The molecule has 0 aliphatic heterocycles. The predicted molar refractivity (Wildman–Crippen MR) is 111 cm³/mol. The van der Waals surface area contributed by atoms with Crippen molar-refractivity contribution in [2.24, 2.45) is 0 Å². The molecule has 1 amide bonds. The minimum atomic E-state index is -0.296. The number of ketones is 1. The van der Waals surface area contributed by atoms with E-state index >= 15 is 0 Å². The highest BCUT2D eigenvalue weighted by Gasteiger charge is 2.15. The zero-order valence-electron chi connectivity index (χ0n) is 15.7. The largest absolute Gasteiger partial charge is 0.497 e. The van der Waals surface area contributed by atoms with Gasteiger partial charge in [0.1, 0.15) is 5.75 Å². The Labute approximate surface area is 171 Å². The van der Waals surface area contributed by atoms with Crippen LogP contribution in [0.2, 0.25) is 0 Å². The van der Waals surface area contributed by atoms with Crippen molar-refractivity contribution < 1.29 is 14.3 Å². The van der Waals surface area contributed by atoms with E-state index in [2.05, 4.69) is 15.4 Å². The second-order valence-corrected chi connectivity index (χ2v) is 7.16. The van der Waals surface area contributed by atoms with Gasteiger partial charge < -0.3 is 4.74 Å². The van der Waals surface area contributed by atoms with Crippen molar-refractivity contribution in [3.05, 3.63) is 65.5 Å². The monoisotopic (exact) mass is 406 g/mol. The summed E-state index contributed by atoms with van der Waals surface area (Å²) < 4.78 is 6.96. The number of nitrogens with zero attached hydrogens (tertiary/aromatic N) is 3. The van der Waals surface area contributed by atoms with Crippen LogP contribution in [0.4, 0.5) is 5.95 Å². The number of nitrogens with one attached hydrogen (secondary N) is 1. The molecule has 0 fully saturated rings. The Balaban J connectivity index is 1.44. The fourth-order valence-corrected chi connectivity index (χ4v) is 3.73. The predicted octanol–water partition coefficient (Wildman–Crippen LogP) is 4.07. The quantitative estimate of drug-likeness (QED) is 0.468. The van der Waals surface area contributed by atoms with Crippen LogP contribution in [0.1, 0.15) is 23.2 Å². The minimum Gasteiger partial charge on any atom is -0.497 e. The summed E-state index contributed by atoms with van der Waals surface area (Å²) in [6.07, 6.45) is 0.205. The molecule has 2 aromatic heterocycles. The van der Waals surface area contributed by atoms with Crippen LogP contribution in [-0.4, -0.2) is 33.4 Å². The maximum absolute atomic E-state index is 12.2. The minimum absolute atomic E-state index is 0.0696. The average Bonchev–Trinajstić information content (AvgIpc) is 3.32. The van der Waals surface area contributed by atoms with Gasteiger partial charge in [-0.1, -0.05) is 42.5 Å². The van der Waals surface area contributed by atoms with E-state index in [1.54, 1.807) is 35.9 Å². The van der Waals surface area contributed by atoms with Crippen molar-refractivity contribution in [2.45, 2.75) is 12.8 Å². The van der Waals surface area contributed by atoms with Crippen LogP contribution < -0.4 is 10.1 Å². The topological polar surface area (TPSA) is 85.6 Å². The number of carbonyl (C=O) groups is 2. The molecule has 0 aliphatic carbocycles. The van der Waals surface area contributed by atoms with Gasteiger partial charge in [0.05, 0.1) is 12.8 Å². The number of carbonyl (C=O) groups excluding carboxylic acids is 2. The Morgan fingerprint density at radius 3 is 2.72 bits per heavy atom. The zero-order chi connectivity index (χ0) is 20.2. The number of aromatic nitrogens is 3. The number of anilines is 1. The fraction of sp³-hybridized carbons (Fsp3) is 0.143. The Morgan fingerprint density at radius 2 is 1.93 bits per heavy atom. The first-order chi connectivity index (χ1) is 14.1. The first kappa shape index (κ1) is 18.8. The van der Waals surface area contributed by atoms with E-state index in [-0.39, 0.29) is 30.5 Å². The molecule has 0 aliphatic rings. The molecule has 8 heteroatoms. The molecule has 2 aromatic carbocycles. The van der Waals surface area contributed by atoms with E-state index < -0.39 is 0 Å². The van der Waals surface area contributed by atoms with Gasteiger partial charge in [0.15, 0.2) is 5.78 Å². The number of amides is 1. The summed E-state index contributed by atoms with van der Waals surface area (Å²) in [4.78, 5) is 29.4. The Hall–Kier alpha value is -3.52. The zero-order valence-corrected chi connectivity index (χ0v) is 16.5. The molecule has 4 rings (SSSR count). The number of thiazole rings is 1. The molecule has 1 N–H and O–H groups in total. The summed E-state index contributed by atoms with van der Waals surface area (Å²) in [5.74, 6) is 0.604. The van der Waals surface area contributed by atoms with Crippen LogP contribution >= 0.6 is 11.3 Å². The number of benzene rings is 2. The van der Waals surface area contributed by atoms with E-state index in [1.807, 2.05) is 35.7 Å². The van der Waals surface area contributed by atoms with Gasteiger partial charge >= 0.3 is 0 Å². The van der Waals surface area contributed by atoms with Crippen LogP contribution in [0.25, 0.3) is 16.2 Å². The van der Waals surface area contributed by atoms with Crippen LogP contribution in [0.15, 0.2) is 60.0 Å². The van der Waals surface area contributed by atoms with Crippen molar-refractivity contribution in [3.8, 4) is 17.0 Å². The summed E-state index contributed by atoms with van der Waals surface area (Å²) in [5.41, 5.74) is 2.40. The standard InChI is InChI=1S/C21H18N4O3S/c1-28-16-9-5-8-15(12-16)17-13-29-21-23-20(24-25(17)21)22-19(27)11-10-18(26)14-6-3-2-4-7-14/h2-9,12-13H,10-11H2,1H3,(H,22,24,27). The number of hydrogen-bond acceptors (Lipinski definition) is 6. The molecule has 146 valence electrons. The van der Waals surface area contributed by atoms with Gasteiger partial charge in [-0.15, -0.1) is 16.4 Å². The Kier molecular flexibility index (Phi) is 5.35. The summed E-state index contributed by atoms with van der Waals surface area (Å²) in [5, 5.41) is 9.01. The smallest absolute Gasteiger partial charge is 0.250 e. The molecular formula is C21H18N4O3S. The third-order valence-corrected chi connectivity index (χ3v) is 5.19. The van der Waals surface area contributed by atoms with Gasteiger partial charge in [-0.3, -0.25) is 14.9 Å². The normalized spacial score (nSPS) is 10.8. The Bertz CT molecular complexity index is 1170. The van der Waals surface area contributed by atoms with E-state index in [4.69, 9.17) is 4.74 Å². The molecule has 7 nitrogen and oxygen atoms in total. The maximum Gasteiger partial charge on any atom is 0.250 e. The van der Waals surface area contributed by atoms with Crippen molar-refractivity contribution in [1.29, 1.82) is 0 Å². The number of hydrogen-bond donors (Lipinski definition) is 1. The van der Waals surface area contributed by atoms with Gasteiger partial charge in [-0.2, -0.15) is 4.98 Å². The number of Topliss-reactive ketones (excluding diaryl/α,β-unsaturated/α-hetero) is 1. The number of ether oxygens (including phenoxy) is 1. The summed E-state index contributed by atoms with van der Waals surface area (Å²) >= 11 is 1.43. The first-order valence-corrected chi connectivity index (χ1v) is 9.89. The highest BCUT2D eigenvalue weighted by molar-refractivity contribution is 7.15. The lowest BCUT2D eigenvalue weighted by atomic mass is 10.1. The van der Waals surface area contributed by atoms with Crippen LogP contribution in [-0.2, 0) is 4.79 Å². The molecule has 0 unspecified atom stereocenters. The molecular weight excluding hydrogens is 388 g/mol. The van der Waals surface area contributed by atoms with Gasteiger partial charge in [-0.05, 0) is 12.1 Å². The molecule has 2 heterocycles. The molecule has 0 bridgehead atoms. The van der Waals surface area contributed by atoms with Crippen LogP contribution in [0, 0.1) is 0 Å². The number of fused-ring (bicyclic) bond motifs is 1. The fourth-order valence-electron chi connectivity index (χ4n) is 2.90. The summed E-state index contributed by atoms with van der Waals surface area (Å²) in [6, 6.07) is 16.6. The van der Waals surface area contributed by atoms with E-state index in [0.29, 0.717) is 10.5 Å². The molecule has 0 radical (unpaired) electrons. The second-order valence-electron chi connectivity index (χ2n) is 6.32. The highest BCUT2D eigenvalue weighted by atomic mass is 32.1. The summed E-state index contributed by atoms with van der Waals surface area (Å²) in [6.45, 7) is 0. The summed E-state index contributed by atoms with van der Waals surface area (Å²) in [7, 11) is 1.62. The van der Waals surface area contributed by atoms with Crippen molar-refractivity contribution in [1.82, 2.24) is 14.6 Å².